The molecule has 0 spiro atoms. The van der Waals surface area contributed by atoms with Crippen molar-refractivity contribution in [2.75, 3.05) is 6.54 Å². The summed E-state index contributed by atoms with van der Waals surface area (Å²) in [6.07, 6.45) is 1.72. The molecule has 1 aromatic carbocycles. The van der Waals surface area contributed by atoms with Crippen molar-refractivity contribution in [2.45, 2.75) is 26.6 Å². The Balaban J connectivity index is 2.08. The van der Waals surface area contributed by atoms with Crippen LogP contribution in [0.25, 0.3) is 0 Å². The maximum absolute atomic E-state index is 12.5. The third-order valence-electron chi connectivity index (χ3n) is 3.15. The molecule has 0 saturated carbocycles. The molecule has 0 radical (unpaired) electrons. The van der Waals surface area contributed by atoms with E-state index in [0.717, 1.165) is 10.2 Å². The standard InChI is InChI=1S/C17H19BrF2N4O/c1-2-21-17(24-11-14-5-3-4-8-22-14)23-10-12-9-13(18)6-7-15(12)25-16(19)20/h3-9,16H,2,10-11H2,1H3,(H2,21,23,24). The molecule has 1 heterocycles. The van der Waals surface area contributed by atoms with E-state index >= 15 is 0 Å². The van der Waals surface area contributed by atoms with Gasteiger partial charge < -0.3 is 15.4 Å². The van der Waals surface area contributed by atoms with Crippen LogP contribution in [-0.2, 0) is 13.1 Å². The molecule has 0 saturated heterocycles. The van der Waals surface area contributed by atoms with Crippen molar-refractivity contribution in [2.24, 2.45) is 4.99 Å². The Morgan fingerprint density at radius 3 is 2.80 bits per heavy atom. The van der Waals surface area contributed by atoms with Gasteiger partial charge in [0.15, 0.2) is 5.96 Å². The second-order valence-electron chi connectivity index (χ2n) is 5.00. The lowest BCUT2D eigenvalue weighted by atomic mass is 10.2. The number of guanidine groups is 1. The zero-order chi connectivity index (χ0) is 18.1. The van der Waals surface area contributed by atoms with Crippen LogP contribution in [0, 0.1) is 0 Å². The molecule has 2 rings (SSSR count). The lowest BCUT2D eigenvalue weighted by molar-refractivity contribution is -0.0504. The number of nitrogens with one attached hydrogen (secondary N) is 2. The minimum absolute atomic E-state index is 0.113. The highest BCUT2D eigenvalue weighted by molar-refractivity contribution is 9.10. The third kappa shape index (κ3) is 6.66. The van der Waals surface area contributed by atoms with Crippen LogP contribution in [0.1, 0.15) is 18.2 Å². The predicted octanol–water partition coefficient (Wildman–Crippen LogP) is 3.70. The SMILES string of the molecule is CCNC(=NCc1cc(Br)ccc1OC(F)F)NCc1ccccn1. The van der Waals surface area contributed by atoms with Crippen molar-refractivity contribution < 1.29 is 13.5 Å². The van der Waals surface area contributed by atoms with E-state index in [-0.39, 0.29) is 12.3 Å². The molecule has 0 amide bonds. The van der Waals surface area contributed by atoms with E-state index in [9.17, 15) is 8.78 Å². The summed E-state index contributed by atoms with van der Waals surface area (Å²) in [6.45, 7) is 0.444. The Morgan fingerprint density at radius 2 is 2.12 bits per heavy atom. The number of pyridine rings is 1. The van der Waals surface area contributed by atoms with Crippen LogP contribution in [0.2, 0.25) is 0 Å². The maximum atomic E-state index is 12.5. The molecule has 0 atom stereocenters. The molecule has 0 aliphatic carbocycles. The number of benzene rings is 1. The Kier molecular flexibility index (Phi) is 7.59. The summed E-state index contributed by atoms with van der Waals surface area (Å²) in [6, 6.07) is 10.5. The quantitative estimate of drug-likeness (QED) is 0.537. The van der Waals surface area contributed by atoms with E-state index in [2.05, 4.69) is 41.3 Å². The highest BCUT2D eigenvalue weighted by atomic mass is 79.9. The number of halogens is 3. The van der Waals surface area contributed by atoms with Crippen LogP contribution in [0.5, 0.6) is 5.75 Å². The molecule has 0 aliphatic rings. The molecule has 1 aromatic heterocycles. The number of rotatable bonds is 7. The molecule has 0 aliphatic heterocycles. The first-order chi connectivity index (χ1) is 12.1. The van der Waals surface area contributed by atoms with E-state index in [4.69, 9.17) is 0 Å². The van der Waals surface area contributed by atoms with Gasteiger partial charge >= 0.3 is 6.61 Å². The fraction of sp³-hybridized carbons (Fsp3) is 0.294. The molecule has 25 heavy (non-hydrogen) atoms. The van der Waals surface area contributed by atoms with Gasteiger partial charge in [-0.1, -0.05) is 22.0 Å². The van der Waals surface area contributed by atoms with Crippen LogP contribution < -0.4 is 15.4 Å². The molecule has 0 unspecified atom stereocenters. The average molecular weight is 413 g/mol. The first kappa shape index (κ1) is 19.1. The number of hydrogen-bond donors (Lipinski definition) is 2. The van der Waals surface area contributed by atoms with Gasteiger partial charge in [0.2, 0.25) is 0 Å². The van der Waals surface area contributed by atoms with Gasteiger partial charge in [0.05, 0.1) is 18.8 Å². The maximum Gasteiger partial charge on any atom is 0.387 e. The van der Waals surface area contributed by atoms with Gasteiger partial charge in [-0.15, -0.1) is 0 Å². The van der Waals surface area contributed by atoms with E-state index in [1.165, 1.54) is 6.07 Å². The van der Waals surface area contributed by atoms with E-state index in [0.29, 0.717) is 24.6 Å². The van der Waals surface area contributed by atoms with Gasteiger partial charge in [-0.25, -0.2) is 4.99 Å². The van der Waals surface area contributed by atoms with Crippen LogP contribution in [0.4, 0.5) is 8.78 Å². The fourth-order valence-electron chi connectivity index (χ4n) is 2.07. The van der Waals surface area contributed by atoms with Crippen LogP contribution >= 0.6 is 15.9 Å². The van der Waals surface area contributed by atoms with Gasteiger partial charge in [0, 0.05) is 22.8 Å². The smallest absolute Gasteiger partial charge is 0.387 e. The summed E-state index contributed by atoms with van der Waals surface area (Å²) in [5, 5.41) is 6.27. The summed E-state index contributed by atoms with van der Waals surface area (Å²) in [5.74, 6) is 0.679. The van der Waals surface area contributed by atoms with Crippen molar-refractivity contribution in [1.29, 1.82) is 0 Å². The number of alkyl halides is 2. The Morgan fingerprint density at radius 1 is 1.28 bits per heavy atom. The molecule has 8 heteroatoms. The number of aromatic nitrogens is 1. The molecule has 2 N–H and O–H groups in total. The summed E-state index contributed by atoms with van der Waals surface area (Å²) >= 11 is 3.33. The van der Waals surface area contributed by atoms with E-state index in [1.54, 1.807) is 18.3 Å². The van der Waals surface area contributed by atoms with Crippen LogP contribution in [-0.4, -0.2) is 24.1 Å². The van der Waals surface area contributed by atoms with Crippen molar-refractivity contribution in [3.8, 4) is 5.75 Å². The average Bonchev–Trinajstić information content (AvgIpc) is 2.60. The Labute approximate surface area is 153 Å². The van der Waals surface area contributed by atoms with Crippen molar-refractivity contribution in [1.82, 2.24) is 15.6 Å². The highest BCUT2D eigenvalue weighted by Crippen LogP contribution is 2.25. The second kappa shape index (κ2) is 9.93. The number of nitrogens with zero attached hydrogens (tertiary/aromatic N) is 2. The van der Waals surface area contributed by atoms with Gasteiger partial charge in [0.1, 0.15) is 5.75 Å². The van der Waals surface area contributed by atoms with Gasteiger partial charge in [-0.2, -0.15) is 8.78 Å². The first-order valence-corrected chi connectivity index (χ1v) is 8.53. The minimum Gasteiger partial charge on any atom is -0.434 e. The van der Waals surface area contributed by atoms with Gasteiger partial charge in [-0.3, -0.25) is 4.98 Å². The van der Waals surface area contributed by atoms with Crippen LogP contribution in [0.15, 0.2) is 52.1 Å². The zero-order valence-electron chi connectivity index (χ0n) is 13.7. The van der Waals surface area contributed by atoms with Gasteiger partial charge in [-0.05, 0) is 37.3 Å². The fourth-order valence-corrected chi connectivity index (χ4v) is 2.47. The molecular formula is C17H19BrF2N4O. The van der Waals surface area contributed by atoms with Crippen molar-refractivity contribution >= 4 is 21.9 Å². The predicted molar refractivity (Wildman–Crippen MR) is 96.7 cm³/mol. The molecule has 134 valence electrons. The van der Waals surface area contributed by atoms with E-state index < -0.39 is 6.61 Å². The molecule has 5 nitrogen and oxygen atoms in total. The number of ether oxygens (including phenoxy) is 1. The summed E-state index contributed by atoms with van der Waals surface area (Å²) < 4.78 is 30.4. The van der Waals surface area contributed by atoms with Crippen molar-refractivity contribution in [3.63, 3.8) is 0 Å². The highest BCUT2D eigenvalue weighted by Gasteiger charge is 2.10. The summed E-state index contributed by atoms with van der Waals surface area (Å²) in [7, 11) is 0. The normalized spacial score (nSPS) is 11.5. The Hall–Kier alpha value is -2.22. The van der Waals surface area contributed by atoms with Gasteiger partial charge in [0.25, 0.3) is 0 Å². The Bertz CT molecular complexity index is 698. The lowest BCUT2D eigenvalue weighted by Gasteiger charge is -2.13. The summed E-state index contributed by atoms with van der Waals surface area (Å²) in [5.41, 5.74) is 1.43. The van der Waals surface area contributed by atoms with Crippen LogP contribution in [0.3, 0.4) is 0 Å². The minimum atomic E-state index is -2.88. The van der Waals surface area contributed by atoms with Crippen molar-refractivity contribution in [3.05, 3.63) is 58.3 Å². The number of aliphatic imine (C=N–C) groups is 1. The first-order valence-electron chi connectivity index (χ1n) is 7.73. The zero-order valence-corrected chi connectivity index (χ0v) is 15.3. The topological polar surface area (TPSA) is 58.5 Å². The second-order valence-corrected chi connectivity index (χ2v) is 5.92. The monoisotopic (exact) mass is 412 g/mol. The van der Waals surface area contributed by atoms with E-state index in [1.807, 2.05) is 25.1 Å². The molecule has 0 bridgehead atoms. The molecule has 0 fully saturated rings. The molecular weight excluding hydrogens is 394 g/mol. The largest absolute Gasteiger partial charge is 0.434 e. The molecule has 2 aromatic rings. The number of hydrogen-bond acceptors (Lipinski definition) is 3. The third-order valence-corrected chi connectivity index (χ3v) is 3.65. The summed E-state index contributed by atoms with van der Waals surface area (Å²) in [4.78, 5) is 8.66. The lowest BCUT2D eigenvalue weighted by Crippen LogP contribution is -2.37.